The maximum Gasteiger partial charge on any atom is 0.161 e. The lowest BCUT2D eigenvalue weighted by Crippen LogP contribution is -2.29. The number of hydrogen-bond acceptors (Lipinski definition) is 4. The zero-order valence-corrected chi connectivity index (χ0v) is 12.4. The molecule has 3 rings (SSSR count). The lowest BCUT2D eigenvalue weighted by molar-refractivity contribution is 0.245. The van der Waals surface area contributed by atoms with Crippen molar-refractivity contribution < 1.29 is 14.6 Å². The average molecular weight is 289 g/mol. The second-order valence-corrected chi connectivity index (χ2v) is 5.81. The van der Waals surface area contributed by atoms with Gasteiger partial charge in [0.1, 0.15) is 0 Å². The third kappa shape index (κ3) is 3.39. The Bertz CT molecular complexity index is 515. The van der Waals surface area contributed by atoms with Gasteiger partial charge >= 0.3 is 0 Å². The zero-order valence-electron chi connectivity index (χ0n) is 12.4. The van der Waals surface area contributed by atoms with Crippen molar-refractivity contribution in [3.63, 3.8) is 0 Å². The van der Waals surface area contributed by atoms with E-state index < -0.39 is 0 Å². The fourth-order valence-electron chi connectivity index (χ4n) is 2.90. The van der Waals surface area contributed by atoms with Crippen molar-refractivity contribution in [2.24, 2.45) is 5.92 Å². The van der Waals surface area contributed by atoms with E-state index in [2.05, 4.69) is 36.5 Å². The van der Waals surface area contributed by atoms with Gasteiger partial charge in [0.25, 0.3) is 0 Å². The third-order valence-electron chi connectivity index (χ3n) is 4.14. The van der Waals surface area contributed by atoms with Crippen LogP contribution < -0.4 is 14.8 Å². The summed E-state index contributed by atoms with van der Waals surface area (Å²) in [7, 11) is 0. The predicted molar refractivity (Wildman–Crippen MR) is 81.7 cm³/mol. The average Bonchev–Trinajstić information content (AvgIpc) is 2.82. The standard InChI is InChI=1S/C17H23NO3/c1-12(18-15-5-3-13(9-15)11-19)14-4-6-16-17(10-14)21-8-2-7-20-16/h3-6,10,12-13,15,18-19H,2,7-9,11H2,1H3/t12?,13-,15+/m0/s1. The highest BCUT2D eigenvalue weighted by molar-refractivity contribution is 5.44. The molecule has 3 atom stereocenters. The van der Waals surface area contributed by atoms with Crippen molar-refractivity contribution in [3.8, 4) is 11.5 Å². The summed E-state index contributed by atoms with van der Waals surface area (Å²) in [6, 6.07) is 6.71. The molecular formula is C17H23NO3. The van der Waals surface area contributed by atoms with Crippen LogP contribution in [0.15, 0.2) is 30.4 Å². The van der Waals surface area contributed by atoms with Crippen LogP contribution in [0, 0.1) is 5.92 Å². The highest BCUT2D eigenvalue weighted by atomic mass is 16.5. The molecule has 1 aromatic rings. The van der Waals surface area contributed by atoms with Crippen molar-refractivity contribution in [1.29, 1.82) is 0 Å². The van der Waals surface area contributed by atoms with Crippen LogP contribution >= 0.6 is 0 Å². The van der Waals surface area contributed by atoms with Crippen molar-refractivity contribution in [3.05, 3.63) is 35.9 Å². The molecule has 114 valence electrons. The van der Waals surface area contributed by atoms with Gasteiger partial charge in [-0.15, -0.1) is 0 Å². The third-order valence-corrected chi connectivity index (χ3v) is 4.14. The van der Waals surface area contributed by atoms with Crippen LogP contribution in [0.4, 0.5) is 0 Å². The Hall–Kier alpha value is -1.52. The van der Waals surface area contributed by atoms with Crippen LogP contribution in [0.3, 0.4) is 0 Å². The van der Waals surface area contributed by atoms with Crippen molar-refractivity contribution in [2.45, 2.75) is 31.8 Å². The molecule has 1 heterocycles. The Balaban J connectivity index is 1.66. The summed E-state index contributed by atoms with van der Waals surface area (Å²) in [6.45, 7) is 3.81. The first-order chi connectivity index (χ1) is 10.3. The van der Waals surface area contributed by atoms with Gasteiger partial charge < -0.3 is 19.9 Å². The topological polar surface area (TPSA) is 50.7 Å². The molecule has 0 spiro atoms. The Morgan fingerprint density at radius 3 is 2.81 bits per heavy atom. The molecular weight excluding hydrogens is 266 g/mol. The van der Waals surface area contributed by atoms with Crippen molar-refractivity contribution >= 4 is 0 Å². The predicted octanol–water partition coefficient (Wildman–Crippen LogP) is 2.44. The number of nitrogens with one attached hydrogen (secondary N) is 1. The van der Waals surface area contributed by atoms with E-state index in [1.54, 1.807) is 0 Å². The quantitative estimate of drug-likeness (QED) is 0.836. The highest BCUT2D eigenvalue weighted by Crippen LogP contribution is 2.32. The fourth-order valence-corrected chi connectivity index (χ4v) is 2.90. The van der Waals surface area contributed by atoms with Crippen LogP contribution in [0.5, 0.6) is 11.5 Å². The monoisotopic (exact) mass is 289 g/mol. The van der Waals surface area contributed by atoms with Crippen LogP contribution in [0.2, 0.25) is 0 Å². The minimum absolute atomic E-state index is 0.229. The van der Waals surface area contributed by atoms with E-state index in [1.165, 1.54) is 5.56 Å². The first-order valence-electron chi connectivity index (χ1n) is 7.71. The first kappa shape index (κ1) is 14.4. The fraction of sp³-hybridized carbons (Fsp3) is 0.529. The van der Waals surface area contributed by atoms with Crippen LogP contribution in [0.25, 0.3) is 0 Å². The van der Waals surface area contributed by atoms with Crippen molar-refractivity contribution in [1.82, 2.24) is 5.32 Å². The van der Waals surface area contributed by atoms with Crippen LogP contribution in [0.1, 0.15) is 31.4 Å². The molecule has 2 N–H and O–H groups in total. The molecule has 1 unspecified atom stereocenters. The molecule has 21 heavy (non-hydrogen) atoms. The van der Waals surface area contributed by atoms with Gasteiger partial charge in [-0.3, -0.25) is 0 Å². The number of aliphatic hydroxyl groups is 1. The normalized spacial score (nSPS) is 25.6. The summed E-state index contributed by atoms with van der Waals surface area (Å²) in [5.41, 5.74) is 1.19. The maximum absolute atomic E-state index is 9.18. The number of rotatable bonds is 4. The molecule has 0 radical (unpaired) electrons. The minimum Gasteiger partial charge on any atom is -0.490 e. The summed E-state index contributed by atoms with van der Waals surface area (Å²) in [4.78, 5) is 0. The van der Waals surface area contributed by atoms with Gasteiger partial charge in [0.2, 0.25) is 0 Å². The molecule has 0 fully saturated rings. The molecule has 2 aliphatic rings. The summed E-state index contributed by atoms with van der Waals surface area (Å²) in [5, 5.41) is 12.8. The molecule has 0 saturated heterocycles. The van der Waals surface area contributed by atoms with Gasteiger partial charge in [-0.05, 0) is 31.0 Å². The number of aliphatic hydroxyl groups excluding tert-OH is 1. The second kappa shape index (κ2) is 6.50. The Morgan fingerprint density at radius 2 is 2.05 bits per heavy atom. The van der Waals surface area contributed by atoms with Gasteiger partial charge in [-0.1, -0.05) is 18.2 Å². The summed E-state index contributed by atoms with van der Waals surface area (Å²) >= 11 is 0. The lowest BCUT2D eigenvalue weighted by atomic mass is 10.0. The lowest BCUT2D eigenvalue weighted by Gasteiger charge is -2.20. The summed E-state index contributed by atoms with van der Waals surface area (Å²) < 4.78 is 11.4. The smallest absolute Gasteiger partial charge is 0.161 e. The summed E-state index contributed by atoms with van der Waals surface area (Å²) in [5.74, 6) is 1.97. The van der Waals surface area contributed by atoms with Crippen molar-refractivity contribution in [2.75, 3.05) is 19.8 Å². The SMILES string of the molecule is CC(N[C@@H]1C=C[C@H](CO)C1)c1ccc2c(c1)OCCCO2. The Labute approximate surface area is 125 Å². The Morgan fingerprint density at radius 1 is 1.24 bits per heavy atom. The molecule has 1 aliphatic heterocycles. The van der Waals surface area contributed by atoms with Crippen LogP contribution in [-0.4, -0.2) is 31.0 Å². The van der Waals surface area contributed by atoms with Gasteiger partial charge in [0, 0.05) is 31.0 Å². The van der Waals surface area contributed by atoms with Gasteiger partial charge in [-0.25, -0.2) is 0 Å². The molecule has 1 aliphatic carbocycles. The molecule has 4 heteroatoms. The summed E-state index contributed by atoms with van der Waals surface area (Å²) in [6.07, 6.45) is 6.14. The first-order valence-corrected chi connectivity index (χ1v) is 7.71. The molecule has 1 aromatic carbocycles. The molecule has 0 saturated carbocycles. The van der Waals surface area contributed by atoms with E-state index in [-0.39, 0.29) is 12.6 Å². The molecule has 4 nitrogen and oxygen atoms in total. The van der Waals surface area contributed by atoms with Gasteiger partial charge in [0.15, 0.2) is 11.5 Å². The number of fused-ring (bicyclic) bond motifs is 1. The van der Waals surface area contributed by atoms with E-state index in [4.69, 9.17) is 9.47 Å². The number of hydrogen-bond donors (Lipinski definition) is 2. The van der Waals surface area contributed by atoms with Gasteiger partial charge in [-0.2, -0.15) is 0 Å². The van der Waals surface area contributed by atoms with E-state index in [9.17, 15) is 5.11 Å². The number of benzene rings is 1. The van der Waals surface area contributed by atoms with E-state index in [0.717, 1.165) is 30.9 Å². The maximum atomic E-state index is 9.18. The second-order valence-electron chi connectivity index (χ2n) is 5.81. The zero-order chi connectivity index (χ0) is 14.7. The van der Waals surface area contributed by atoms with E-state index in [1.807, 2.05) is 6.07 Å². The number of ether oxygens (including phenoxy) is 2. The highest BCUT2D eigenvalue weighted by Gasteiger charge is 2.21. The van der Waals surface area contributed by atoms with Crippen LogP contribution in [-0.2, 0) is 0 Å². The van der Waals surface area contributed by atoms with E-state index >= 15 is 0 Å². The largest absolute Gasteiger partial charge is 0.490 e. The minimum atomic E-state index is 0.229. The Kier molecular flexibility index (Phi) is 4.46. The van der Waals surface area contributed by atoms with Gasteiger partial charge in [0.05, 0.1) is 13.2 Å². The molecule has 0 bridgehead atoms. The molecule has 0 aromatic heterocycles. The molecule has 0 amide bonds. The van der Waals surface area contributed by atoms with E-state index in [0.29, 0.717) is 18.6 Å².